The second kappa shape index (κ2) is 4.72. The molecular weight excluding hydrogens is 248 g/mol. The zero-order chi connectivity index (χ0) is 13.5. The summed E-state index contributed by atoms with van der Waals surface area (Å²) in [7, 11) is 0.299. The standard InChI is InChI=1S/C18H21S/c1-18(2,3)15-8-10-16(11-9-15)19-13-12-14-6-4-5-7-17(14)19/h4-11H,12-13H2,1-3H3/q+1. The summed E-state index contributed by atoms with van der Waals surface area (Å²) in [5, 5.41) is 0. The van der Waals surface area contributed by atoms with Gasteiger partial charge in [0, 0.05) is 12.0 Å². The first-order chi connectivity index (χ1) is 9.05. The topological polar surface area (TPSA) is 0 Å². The van der Waals surface area contributed by atoms with Gasteiger partial charge in [-0.2, -0.15) is 0 Å². The maximum Gasteiger partial charge on any atom is 0.164 e. The van der Waals surface area contributed by atoms with Crippen LogP contribution in [0.1, 0.15) is 31.9 Å². The van der Waals surface area contributed by atoms with E-state index in [4.69, 9.17) is 0 Å². The number of rotatable bonds is 1. The van der Waals surface area contributed by atoms with Crippen LogP contribution in [0.15, 0.2) is 58.3 Å². The van der Waals surface area contributed by atoms with Gasteiger partial charge in [-0.15, -0.1) is 0 Å². The van der Waals surface area contributed by atoms with Crippen LogP contribution in [0.2, 0.25) is 0 Å². The fourth-order valence-electron chi connectivity index (χ4n) is 2.64. The Morgan fingerprint density at radius 2 is 1.58 bits per heavy atom. The lowest BCUT2D eigenvalue weighted by Crippen LogP contribution is -2.11. The first-order valence-corrected chi connectivity index (χ1v) is 8.34. The molecule has 0 aliphatic carbocycles. The lowest BCUT2D eigenvalue weighted by atomic mass is 9.87. The van der Waals surface area contributed by atoms with Crippen molar-refractivity contribution >= 4 is 10.9 Å². The minimum Gasteiger partial charge on any atom is -0.0616 e. The number of fused-ring (bicyclic) bond motifs is 1. The van der Waals surface area contributed by atoms with Crippen molar-refractivity contribution < 1.29 is 0 Å². The van der Waals surface area contributed by atoms with E-state index in [2.05, 4.69) is 69.3 Å². The third-order valence-corrected chi connectivity index (χ3v) is 6.20. The van der Waals surface area contributed by atoms with Gasteiger partial charge in [0.1, 0.15) is 5.75 Å². The molecule has 0 fully saturated rings. The van der Waals surface area contributed by atoms with Gasteiger partial charge >= 0.3 is 0 Å². The Labute approximate surface area is 119 Å². The highest BCUT2D eigenvalue weighted by Gasteiger charge is 2.33. The number of hydrogen-bond donors (Lipinski definition) is 0. The normalized spacial score (nSPS) is 18.4. The zero-order valence-corrected chi connectivity index (χ0v) is 12.8. The molecule has 0 aromatic heterocycles. The van der Waals surface area contributed by atoms with Crippen molar-refractivity contribution in [2.75, 3.05) is 5.75 Å². The Kier molecular flexibility index (Phi) is 3.18. The van der Waals surface area contributed by atoms with E-state index in [1.165, 1.54) is 22.6 Å². The molecule has 2 aromatic carbocycles. The maximum atomic E-state index is 2.34. The summed E-state index contributed by atoms with van der Waals surface area (Å²) in [6.45, 7) is 6.82. The monoisotopic (exact) mass is 269 g/mol. The lowest BCUT2D eigenvalue weighted by Gasteiger charge is -2.18. The Balaban J connectivity index is 1.93. The first-order valence-electron chi connectivity index (χ1n) is 6.95. The van der Waals surface area contributed by atoms with E-state index in [-0.39, 0.29) is 5.41 Å². The predicted molar refractivity (Wildman–Crippen MR) is 84.1 cm³/mol. The van der Waals surface area contributed by atoms with Crippen LogP contribution in [0.25, 0.3) is 0 Å². The minimum atomic E-state index is 0.245. The highest BCUT2D eigenvalue weighted by atomic mass is 32.2. The van der Waals surface area contributed by atoms with Gasteiger partial charge in [-0.3, -0.25) is 0 Å². The Hall–Kier alpha value is -1.21. The summed E-state index contributed by atoms with van der Waals surface area (Å²) in [6, 6.07) is 18.2. The predicted octanol–water partition coefficient (Wildman–Crippen LogP) is 4.58. The summed E-state index contributed by atoms with van der Waals surface area (Å²) in [5.41, 5.74) is 3.22. The molecule has 2 aromatic rings. The van der Waals surface area contributed by atoms with Gasteiger partial charge in [0.15, 0.2) is 9.79 Å². The quantitative estimate of drug-likeness (QED) is 0.665. The lowest BCUT2D eigenvalue weighted by molar-refractivity contribution is 0.589. The molecule has 1 heterocycles. The minimum absolute atomic E-state index is 0.245. The summed E-state index contributed by atoms with van der Waals surface area (Å²) in [4.78, 5) is 3.06. The fraction of sp³-hybridized carbons (Fsp3) is 0.333. The van der Waals surface area contributed by atoms with Crippen molar-refractivity contribution in [3.63, 3.8) is 0 Å². The molecule has 0 radical (unpaired) electrons. The smallest absolute Gasteiger partial charge is 0.0616 e. The van der Waals surface area contributed by atoms with E-state index in [0.29, 0.717) is 10.9 Å². The van der Waals surface area contributed by atoms with E-state index >= 15 is 0 Å². The van der Waals surface area contributed by atoms with Gasteiger partial charge in [0.05, 0.1) is 10.9 Å². The highest BCUT2D eigenvalue weighted by molar-refractivity contribution is 7.97. The number of hydrogen-bond acceptors (Lipinski definition) is 0. The molecular formula is C18H21S+. The molecule has 0 bridgehead atoms. The fourth-order valence-corrected chi connectivity index (χ4v) is 4.96. The zero-order valence-electron chi connectivity index (χ0n) is 11.9. The van der Waals surface area contributed by atoms with Gasteiger partial charge in [-0.1, -0.05) is 51.1 Å². The molecule has 98 valence electrons. The van der Waals surface area contributed by atoms with Crippen LogP contribution in [0, 0.1) is 0 Å². The Morgan fingerprint density at radius 1 is 0.895 bits per heavy atom. The van der Waals surface area contributed by atoms with Crippen LogP contribution in [-0.2, 0) is 22.7 Å². The maximum absolute atomic E-state index is 2.34. The van der Waals surface area contributed by atoms with Gasteiger partial charge in [-0.05, 0) is 29.2 Å². The molecule has 1 unspecified atom stereocenters. The molecule has 0 spiro atoms. The molecule has 0 saturated carbocycles. The van der Waals surface area contributed by atoms with Crippen molar-refractivity contribution in [2.45, 2.75) is 42.4 Å². The Morgan fingerprint density at radius 3 is 2.26 bits per heavy atom. The van der Waals surface area contributed by atoms with Crippen molar-refractivity contribution in [2.24, 2.45) is 0 Å². The van der Waals surface area contributed by atoms with E-state index in [0.717, 1.165) is 0 Å². The second-order valence-corrected chi connectivity index (χ2v) is 8.33. The molecule has 0 amide bonds. The number of aryl methyl sites for hydroxylation is 1. The van der Waals surface area contributed by atoms with Crippen LogP contribution in [0.4, 0.5) is 0 Å². The summed E-state index contributed by atoms with van der Waals surface area (Å²) >= 11 is 0. The molecule has 0 saturated heterocycles. The molecule has 3 rings (SSSR count). The van der Waals surface area contributed by atoms with Crippen LogP contribution in [-0.4, -0.2) is 5.75 Å². The van der Waals surface area contributed by atoms with Crippen LogP contribution in [0.5, 0.6) is 0 Å². The first kappa shape index (κ1) is 12.8. The van der Waals surface area contributed by atoms with E-state index < -0.39 is 0 Å². The van der Waals surface area contributed by atoms with Gasteiger partial charge in [0.2, 0.25) is 0 Å². The average molecular weight is 269 g/mol. The van der Waals surface area contributed by atoms with Crippen LogP contribution < -0.4 is 0 Å². The third-order valence-electron chi connectivity index (χ3n) is 3.82. The highest BCUT2D eigenvalue weighted by Crippen LogP contribution is 2.34. The molecule has 0 nitrogen and oxygen atoms in total. The van der Waals surface area contributed by atoms with E-state index in [1.54, 1.807) is 10.5 Å². The molecule has 1 aliphatic rings. The summed E-state index contributed by atoms with van der Waals surface area (Å²) in [6.07, 6.45) is 1.24. The van der Waals surface area contributed by atoms with E-state index in [9.17, 15) is 0 Å². The number of benzene rings is 2. The Bertz CT molecular complexity index is 575. The van der Waals surface area contributed by atoms with Crippen molar-refractivity contribution in [3.05, 3.63) is 59.7 Å². The molecule has 1 heteroatoms. The summed E-state index contributed by atoms with van der Waals surface area (Å²) in [5.74, 6) is 1.29. The summed E-state index contributed by atoms with van der Waals surface area (Å²) < 4.78 is 0. The molecule has 1 aliphatic heterocycles. The largest absolute Gasteiger partial charge is 0.164 e. The van der Waals surface area contributed by atoms with E-state index in [1.807, 2.05) is 0 Å². The van der Waals surface area contributed by atoms with Crippen molar-refractivity contribution in [1.82, 2.24) is 0 Å². The third kappa shape index (κ3) is 2.44. The van der Waals surface area contributed by atoms with Crippen LogP contribution in [0.3, 0.4) is 0 Å². The van der Waals surface area contributed by atoms with Gasteiger partial charge in [0.25, 0.3) is 0 Å². The van der Waals surface area contributed by atoms with Crippen molar-refractivity contribution in [3.8, 4) is 0 Å². The average Bonchev–Trinajstić information content (AvgIpc) is 2.82. The van der Waals surface area contributed by atoms with Gasteiger partial charge < -0.3 is 0 Å². The van der Waals surface area contributed by atoms with Gasteiger partial charge in [-0.25, -0.2) is 0 Å². The van der Waals surface area contributed by atoms with Crippen molar-refractivity contribution in [1.29, 1.82) is 0 Å². The van der Waals surface area contributed by atoms with Crippen LogP contribution >= 0.6 is 0 Å². The molecule has 19 heavy (non-hydrogen) atoms. The second-order valence-electron chi connectivity index (χ2n) is 6.23. The molecule has 0 N–H and O–H groups in total. The molecule has 1 atom stereocenters. The SMILES string of the molecule is CC(C)(C)c1ccc([S+]2CCc3ccccc32)cc1.